The minimum atomic E-state index is -0.129. The number of hydrogen-bond acceptors (Lipinski definition) is 5. The molecule has 5 nitrogen and oxygen atoms in total. The van der Waals surface area contributed by atoms with Crippen LogP contribution >= 0.6 is 0 Å². The highest BCUT2D eigenvalue weighted by Gasteiger charge is 2.11. The molecule has 0 aromatic heterocycles. The van der Waals surface area contributed by atoms with Crippen molar-refractivity contribution < 1.29 is 23.7 Å². The quantitative estimate of drug-likeness (QED) is 0.349. The molecule has 0 unspecified atom stereocenters. The van der Waals surface area contributed by atoms with E-state index in [1.807, 2.05) is 19.9 Å². The third kappa shape index (κ3) is 5.64. The molecule has 0 aliphatic carbocycles. The fourth-order valence-corrected chi connectivity index (χ4v) is 2.47. The molecule has 28 heavy (non-hydrogen) atoms. The van der Waals surface area contributed by atoms with E-state index in [0.717, 1.165) is 5.75 Å². The summed E-state index contributed by atoms with van der Waals surface area (Å²) in [6.07, 6.45) is 5.17. The average Bonchev–Trinajstić information content (AvgIpc) is 2.71. The molecular weight excluding hydrogens is 356 g/mol. The number of carbonyl (C=O) groups excluding carboxylic acids is 1. The Balaban J connectivity index is 2.16. The zero-order chi connectivity index (χ0) is 20.5. The number of hydrogen-bond donors (Lipinski definition) is 0. The van der Waals surface area contributed by atoms with Gasteiger partial charge in [0.2, 0.25) is 0 Å². The van der Waals surface area contributed by atoms with Gasteiger partial charge in [0.15, 0.2) is 5.78 Å². The topological polar surface area (TPSA) is 54.0 Å². The minimum Gasteiger partial charge on any atom is -0.496 e. The van der Waals surface area contributed by atoms with Gasteiger partial charge >= 0.3 is 0 Å². The van der Waals surface area contributed by atoms with E-state index >= 15 is 0 Å². The maximum absolute atomic E-state index is 12.5. The van der Waals surface area contributed by atoms with Crippen LogP contribution in [0.1, 0.15) is 29.8 Å². The van der Waals surface area contributed by atoms with Gasteiger partial charge in [0.05, 0.1) is 26.9 Å². The summed E-state index contributed by atoms with van der Waals surface area (Å²) in [4.78, 5) is 12.5. The highest BCUT2D eigenvalue weighted by Crippen LogP contribution is 2.35. The van der Waals surface area contributed by atoms with Crippen LogP contribution in [-0.4, -0.2) is 33.7 Å². The van der Waals surface area contributed by atoms with Crippen molar-refractivity contribution >= 4 is 11.9 Å². The third-order valence-corrected chi connectivity index (χ3v) is 4.03. The van der Waals surface area contributed by atoms with Gasteiger partial charge in [0.1, 0.15) is 29.6 Å². The lowest BCUT2D eigenvalue weighted by molar-refractivity contribution is 0.104. The van der Waals surface area contributed by atoms with Crippen molar-refractivity contribution in [2.75, 3.05) is 27.9 Å². The van der Waals surface area contributed by atoms with E-state index in [4.69, 9.17) is 18.9 Å². The summed E-state index contributed by atoms with van der Waals surface area (Å²) in [6, 6.07) is 10.5. The Morgan fingerprint density at radius 1 is 0.893 bits per heavy atom. The Labute approximate surface area is 166 Å². The first-order chi connectivity index (χ1) is 13.5. The molecule has 2 aromatic rings. The zero-order valence-electron chi connectivity index (χ0n) is 16.9. The maximum Gasteiger partial charge on any atom is 0.185 e. The number of carbonyl (C=O) groups is 1. The highest BCUT2D eigenvalue weighted by atomic mass is 16.5. The van der Waals surface area contributed by atoms with Crippen molar-refractivity contribution in [2.45, 2.75) is 13.8 Å². The first kappa shape index (κ1) is 21.1. The summed E-state index contributed by atoms with van der Waals surface area (Å²) < 4.78 is 21.6. The standard InChI is InChI=1S/C23H26O5/c1-16(2)12-13-28-18-8-6-17(7-9-18)21(24)11-10-20-22(26-4)14-19(25-3)15-23(20)27-5/h6-12,14-15H,13H2,1-5H3/b11-10+. The fraction of sp³-hybridized carbons (Fsp3) is 0.261. The van der Waals surface area contributed by atoms with Crippen LogP contribution in [-0.2, 0) is 0 Å². The van der Waals surface area contributed by atoms with Crippen molar-refractivity contribution in [3.05, 3.63) is 65.3 Å². The summed E-state index contributed by atoms with van der Waals surface area (Å²) in [5.41, 5.74) is 2.43. The second-order valence-electron chi connectivity index (χ2n) is 6.26. The van der Waals surface area contributed by atoms with Gasteiger partial charge in [-0.1, -0.05) is 5.57 Å². The van der Waals surface area contributed by atoms with Crippen LogP contribution in [0.25, 0.3) is 6.08 Å². The van der Waals surface area contributed by atoms with E-state index in [-0.39, 0.29) is 5.78 Å². The van der Waals surface area contributed by atoms with E-state index < -0.39 is 0 Å². The summed E-state index contributed by atoms with van der Waals surface area (Å²) in [5, 5.41) is 0. The molecule has 2 aromatic carbocycles. The lowest BCUT2D eigenvalue weighted by Gasteiger charge is -2.12. The molecule has 0 aliphatic heterocycles. The Hall–Kier alpha value is -3.21. The van der Waals surface area contributed by atoms with Gasteiger partial charge in [0.25, 0.3) is 0 Å². The number of ketones is 1. The SMILES string of the molecule is COc1cc(OC)c(/C=C/C(=O)c2ccc(OCC=C(C)C)cc2)c(OC)c1. The normalized spacial score (nSPS) is 10.5. The molecule has 0 atom stereocenters. The Kier molecular flexibility index (Phi) is 7.69. The molecule has 0 heterocycles. The number of allylic oxidation sites excluding steroid dienone is 2. The number of ether oxygens (including phenoxy) is 4. The van der Waals surface area contributed by atoms with Crippen molar-refractivity contribution in [1.82, 2.24) is 0 Å². The van der Waals surface area contributed by atoms with E-state index in [2.05, 4.69) is 0 Å². The largest absolute Gasteiger partial charge is 0.496 e. The van der Waals surface area contributed by atoms with Gasteiger partial charge in [-0.2, -0.15) is 0 Å². The molecule has 0 aliphatic rings. The Bertz CT molecular complexity index is 834. The first-order valence-corrected chi connectivity index (χ1v) is 8.87. The van der Waals surface area contributed by atoms with Crippen molar-refractivity contribution in [1.29, 1.82) is 0 Å². The zero-order valence-corrected chi connectivity index (χ0v) is 16.9. The summed E-state index contributed by atoms with van der Waals surface area (Å²) in [7, 11) is 4.68. The Morgan fingerprint density at radius 2 is 1.50 bits per heavy atom. The number of methoxy groups -OCH3 is 3. The van der Waals surface area contributed by atoms with Gasteiger partial charge < -0.3 is 18.9 Å². The lowest BCUT2D eigenvalue weighted by Crippen LogP contribution is -1.98. The van der Waals surface area contributed by atoms with Crippen LogP contribution in [0.2, 0.25) is 0 Å². The van der Waals surface area contributed by atoms with Crippen molar-refractivity contribution in [3.63, 3.8) is 0 Å². The van der Waals surface area contributed by atoms with Gasteiger partial charge in [-0.05, 0) is 56.3 Å². The molecule has 148 valence electrons. The molecule has 0 fully saturated rings. The summed E-state index contributed by atoms with van der Waals surface area (Å²) in [6.45, 7) is 4.54. The summed E-state index contributed by atoms with van der Waals surface area (Å²) >= 11 is 0. The molecule has 5 heteroatoms. The van der Waals surface area contributed by atoms with Crippen molar-refractivity contribution in [2.24, 2.45) is 0 Å². The highest BCUT2D eigenvalue weighted by molar-refractivity contribution is 6.07. The molecule has 0 radical (unpaired) electrons. The third-order valence-electron chi connectivity index (χ3n) is 4.03. The molecule has 0 amide bonds. The molecule has 2 rings (SSSR count). The molecule has 0 bridgehead atoms. The van der Waals surface area contributed by atoms with Gasteiger partial charge in [-0.25, -0.2) is 0 Å². The predicted molar refractivity (Wildman–Crippen MR) is 111 cm³/mol. The van der Waals surface area contributed by atoms with Gasteiger partial charge in [-0.15, -0.1) is 0 Å². The van der Waals surface area contributed by atoms with E-state index in [0.29, 0.717) is 35.0 Å². The predicted octanol–water partition coefficient (Wildman–Crippen LogP) is 4.95. The molecule has 0 saturated heterocycles. The van der Waals surface area contributed by atoms with E-state index in [1.165, 1.54) is 11.6 Å². The van der Waals surface area contributed by atoms with Gasteiger partial charge in [-0.3, -0.25) is 4.79 Å². The van der Waals surface area contributed by atoms with E-state index in [1.54, 1.807) is 63.8 Å². The summed E-state index contributed by atoms with van der Waals surface area (Å²) in [5.74, 6) is 2.32. The monoisotopic (exact) mass is 382 g/mol. The molecule has 0 N–H and O–H groups in total. The second-order valence-corrected chi connectivity index (χ2v) is 6.26. The van der Waals surface area contributed by atoms with Crippen LogP contribution in [0.5, 0.6) is 23.0 Å². The van der Waals surface area contributed by atoms with E-state index in [9.17, 15) is 4.79 Å². The molecular formula is C23H26O5. The van der Waals surface area contributed by atoms with Gasteiger partial charge in [0, 0.05) is 17.7 Å². The molecule has 0 spiro atoms. The maximum atomic E-state index is 12.5. The number of benzene rings is 2. The van der Waals surface area contributed by atoms with Crippen LogP contribution in [0, 0.1) is 0 Å². The smallest absolute Gasteiger partial charge is 0.185 e. The van der Waals surface area contributed by atoms with Crippen LogP contribution in [0.4, 0.5) is 0 Å². The fourth-order valence-electron chi connectivity index (χ4n) is 2.47. The van der Waals surface area contributed by atoms with Crippen LogP contribution in [0.3, 0.4) is 0 Å². The second kappa shape index (κ2) is 10.2. The number of rotatable bonds is 9. The Morgan fingerprint density at radius 3 is 2.00 bits per heavy atom. The van der Waals surface area contributed by atoms with Crippen LogP contribution < -0.4 is 18.9 Å². The molecule has 0 saturated carbocycles. The van der Waals surface area contributed by atoms with Crippen molar-refractivity contribution in [3.8, 4) is 23.0 Å². The lowest BCUT2D eigenvalue weighted by atomic mass is 10.1. The minimum absolute atomic E-state index is 0.129. The van der Waals surface area contributed by atoms with Crippen LogP contribution in [0.15, 0.2) is 54.1 Å². The first-order valence-electron chi connectivity index (χ1n) is 8.87. The average molecular weight is 382 g/mol.